The highest BCUT2D eigenvalue weighted by atomic mass is 16.6. The molecule has 1 N–H and O–H groups in total. The van der Waals surface area contributed by atoms with Crippen LogP contribution in [0.4, 0.5) is 0 Å². The van der Waals surface area contributed by atoms with Crippen molar-refractivity contribution in [2.24, 2.45) is 0 Å². The van der Waals surface area contributed by atoms with Gasteiger partial charge in [-0.25, -0.2) is 0 Å². The number of nitrogens with one attached hydrogen (secondary N) is 1. The number of hydrogen-bond donors (Lipinski definition) is 1. The average molecular weight is 313 g/mol. The van der Waals surface area contributed by atoms with Gasteiger partial charge >= 0.3 is 0 Å². The molecule has 0 amide bonds. The first-order chi connectivity index (χ1) is 11.4. The van der Waals surface area contributed by atoms with Crippen LogP contribution in [-0.4, -0.2) is 32.4 Å². The van der Waals surface area contributed by atoms with Crippen molar-refractivity contribution in [1.82, 2.24) is 5.32 Å². The highest BCUT2D eigenvalue weighted by Crippen LogP contribution is 2.33. The molecule has 23 heavy (non-hydrogen) atoms. The molecule has 3 rings (SSSR count). The van der Waals surface area contributed by atoms with E-state index in [-0.39, 0.29) is 12.2 Å². The van der Waals surface area contributed by atoms with Crippen molar-refractivity contribution in [3.05, 3.63) is 60.2 Å². The van der Waals surface area contributed by atoms with E-state index >= 15 is 0 Å². The van der Waals surface area contributed by atoms with Crippen LogP contribution in [0.5, 0.6) is 11.5 Å². The van der Waals surface area contributed by atoms with Crippen molar-refractivity contribution in [2.45, 2.75) is 19.1 Å². The normalized spacial score (nSPS) is 19.1. The Hall–Kier alpha value is -2.04. The molecule has 0 radical (unpaired) electrons. The molecule has 2 aromatic rings. The van der Waals surface area contributed by atoms with Gasteiger partial charge in [-0.05, 0) is 24.6 Å². The second-order valence-electron chi connectivity index (χ2n) is 5.44. The monoisotopic (exact) mass is 313 g/mol. The molecule has 1 saturated heterocycles. The van der Waals surface area contributed by atoms with E-state index < -0.39 is 0 Å². The molecule has 122 valence electrons. The lowest BCUT2D eigenvalue weighted by molar-refractivity contribution is -0.0439. The molecule has 4 heteroatoms. The highest BCUT2D eigenvalue weighted by Gasteiger charge is 2.28. The van der Waals surface area contributed by atoms with Gasteiger partial charge in [-0.1, -0.05) is 42.5 Å². The Kier molecular flexibility index (Phi) is 5.51. The van der Waals surface area contributed by atoms with Crippen molar-refractivity contribution < 1.29 is 14.2 Å². The van der Waals surface area contributed by atoms with Crippen LogP contribution in [-0.2, 0) is 4.74 Å². The lowest BCUT2D eigenvalue weighted by Gasteiger charge is -2.32. The Morgan fingerprint density at radius 1 is 1.09 bits per heavy atom. The van der Waals surface area contributed by atoms with E-state index in [0.29, 0.717) is 13.2 Å². The van der Waals surface area contributed by atoms with Crippen molar-refractivity contribution in [1.29, 1.82) is 0 Å². The van der Waals surface area contributed by atoms with Crippen LogP contribution in [0.1, 0.15) is 18.6 Å². The first kappa shape index (κ1) is 15.8. The summed E-state index contributed by atoms with van der Waals surface area (Å²) in [6, 6.07) is 18.0. The van der Waals surface area contributed by atoms with Gasteiger partial charge in [0.05, 0.1) is 13.2 Å². The molecular formula is C19H23NO3. The van der Waals surface area contributed by atoms with E-state index in [4.69, 9.17) is 14.2 Å². The second kappa shape index (κ2) is 7.99. The minimum atomic E-state index is -0.175. The third-order valence-corrected chi connectivity index (χ3v) is 3.83. The number of hydrogen-bond acceptors (Lipinski definition) is 4. The standard InChI is InChI=1S/C19H23NO3/c1-2-21-16-10-6-7-11-17(16)23-19(15-8-4-3-5-9-15)18-14-20-12-13-22-18/h3-11,18-20H,2,12-14H2,1H3/t18-,19?/m1/s1. The number of morpholine rings is 1. The zero-order valence-corrected chi connectivity index (χ0v) is 13.4. The van der Waals surface area contributed by atoms with E-state index in [1.807, 2.05) is 49.4 Å². The lowest BCUT2D eigenvalue weighted by Crippen LogP contribution is -2.43. The average Bonchev–Trinajstić information content (AvgIpc) is 2.63. The molecule has 0 saturated carbocycles. The molecule has 1 heterocycles. The van der Waals surface area contributed by atoms with E-state index in [9.17, 15) is 0 Å². The molecule has 0 bridgehead atoms. The Morgan fingerprint density at radius 2 is 1.83 bits per heavy atom. The summed E-state index contributed by atoms with van der Waals surface area (Å²) in [6.07, 6.45) is -0.202. The van der Waals surface area contributed by atoms with Crippen LogP contribution in [0.15, 0.2) is 54.6 Å². The Bertz CT molecular complexity index is 597. The molecule has 0 aliphatic carbocycles. The SMILES string of the molecule is CCOc1ccccc1OC(c1ccccc1)[C@H]1CNCCO1. The molecule has 2 aromatic carbocycles. The predicted molar refractivity (Wildman–Crippen MR) is 90.0 cm³/mol. The fourth-order valence-electron chi connectivity index (χ4n) is 2.74. The quantitative estimate of drug-likeness (QED) is 0.889. The maximum absolute atomic E-state index is 6.33. The van der Waals surface area contributed by atoms with Gasteiger partial charge in [0.1, 0.15) is 6.10 Å². The number of benzene rings is 2. The summed E-state index contributed by atoms with van der Waals surface area (Å²) in [5.41, 5.74) is 1.10. The van der Waals surface area contributed by atoms with Gasteiger partial charge in [-0.3, -0.25) is 0 Å². The largest absolute Gasteiger partial charge is 0.490 e. The van der Waals surface area contributed by atoms with E-state index in [1.54, 1.807) is 0 Å². The zero-order chi connectivity index (χ0) is 15.9. The van der Waals surface area contributed by atoms with Gasteiger partial charge in [-0.15, -0.1) is 0 Å². The van der Waals surface area contributed by atoms with Crippen molar-refractivity contribution in [3.8, 4) is 11.5 Å². The fourth-order valence-corrected chi connectivity index (χ4v) is 2.74. The summed E-state index contributed by atoms with van der Waals surface area (Å²) in [5, 5.41) is 3.37. The molecule has 0 aromatic heterocycles. The van der Waals surface area contributed by atoms with Gasteiger partial charge in [0.25, 0.3) is 0 Å². The summed E-state index contributed by atoms with van der Waals surface area (Å²) in [7, 11) is 0. The molecule has 0 spiro atoms. The minimum Gasteiger partial charge on any atom is -0.490 e. The number of ether oxygens (including phenoxy) is 3. The van der Waals surface area contributed by atoms with Crippen LogP contribution in [0.25, 0.3) is 0 Å². The van der Waals surface area contributed by atoms with Crippen molar-refractivity contribution in [2.75, 3.05) is 26.3 Å². The van der Waals surface area contributed by atoms with Crippen molar-refractivity contribution >= 4 is 0 Å². The van der Waals surface area contributed by atoms with Gasteiger partial charge in [0, 0.05) is 13.1 Å². The minimum absolute atomic E-state index is 0.0270. The second-order valence-corrected chi connectivity index (χ2v) is 5.44. The molecule has 1 aliphatic rings. The third-order valence-electron chi connectivity index (χ3n) is 3.83. The molecule has 1 unspecified atom stereocenters. The van der Waals surface area contributed by atoms with Crippen molar-refractivity contribution in [3.63, 3.8) is 0 Å². The highest BCUT2D eigenvalue weighted by molar-refractivity contribution is 5.40. The van der Waals surface area contributed by atoms with Gasteiger partial charge in [0.15, 0.2) is 17.6 Å². The molecule has 2 atom stereocenters. The predicted octanol–water partition coefficient (Wildman–Crippen LogP) is 3.19. The Morgan fingerprint density at radius 3 is 2.52 bits per heavy atom. The maximum Gasteiger partial charge on any atom is 0.162 e. The first-order valence-electron chi connectivity index (χ1n) is 8.14. The van der Waals surface area contributed by atoms with Crippen LogP contribution in [0, 0.1) is 0 Å². The van der Waals surface area contributed by atoms with Gasteiger partial charge in [-0.2, -0.15) is 0 Å². The van der Waals surface area contributed by atoms with Crippen LogP contribution in [0.3, 0.4) is 0 Å². The molecular weight excluding hydrogens is 290 g/mol. The third kappa shape index (κ3) is 4.03. The smallest absolute Gasteiger partial charge is 0.162 e. The molecule has 4 nitrogen and oxygen atoms in total. The van der Waals surface area contributed by atoms with E-state index in [1.165, 1.54) is 0 Å². The first-order valence-corrected chi connectivity index (χ1v) is 8.14. The summed E-state index contributed by atoms with van der Waals surface area (Å²) < 4.78 is 18.0. The molecule has 1 fully saturated rings. The Labute approximate surface area is 137 Å². The van der Waals surface area contributed by atoms with E-state index in [0.717, 1.165) is 30.2 Å². The zero-order valence-electron chi connectivity index (χ0n) is 13.4. The van der Waals surface area contributed by atoms with Gasteiger partial charge < -0.3 is 19.5 Å². The topological polar surface area (TPSA) is 39.7 Å². The maximum atomic E-state index is 6.33. The summed E-state index contributed by atoms with van der Waals surface area (Å²) >= 11 is 0. The fraction of sp³-hybridized carbons (Fsp3) is 0.368. The number of rotatable bonds is 6. The van der Waals surface area contributed by atoms with Gasteiger partial charge in [0.2, 0.25) is 0 Å². The van der Waals surface area contributed by atoms with Crippen LogP contribution in [0.2, 0.25) is 0 Å². The van der Waals surface area contributed by atoms with Crippen LogP contribution < -0.4 is 14.8 Å². The number of para-hydroxylation sites is 2. The Balaban J connectivity index is 1.86. The lowest BCUT2D eigenvalue weighted by atomic mass is 10.0. The summed E-state index contributed by atoms with van der Waals surface area (Å²) in [6.45, 7) is 4.94. The van der Waals surface area contributed by atoms with E-state index in [2.05, 4.69) is 17.4 Å². The molecule has 1 aliphatic heterocycles. The summed E-state index contributed by atoms with van der Waals surface area (Å²) in [4.78, 5) is 0. The summed E-state index contributed by atoms with van der Waals surface area (Å²) in [5.74, 6) is 1.51. The van der Waals surface area contributed by atoms with Crippen LogP contribution >= 0.6 is 0 Å².